The minimum absolute atomic E-state index is 0.0976. The summed E-state index contributed by atoms with van der Waals surface area (Å²) in [7, 11) is 0. The number of hydrogen-bond donors (Lipinski definition) is 1. The van der Waals surface area contributed by atoms with Gasteiger partial charge in [0.05, 0.1) is 6.20 Å². The molecule has 1 rings (SSSR count). The van der Waals surface area contributed by atoms with Crippen LogP contribution in [0, 0.1) is 12.3 Å². The minimum atomic E-state index is -0.121. The number of carbonyl (C=O) groups is 1. The fourth-order valence-corrected chi connectivity index (χ4v) is 1.55. The largest absolute Gasteiger partial charge is 0.351 e. The lowest BCUT2D eigenvalue weighted by Gasteiger charge is -2.30. The molecule has 0 saturated carbocycles. The van der Waals surface area contributed by atoms with Crippen LogP contribution in [-0.4, -0.2) is 35.6 Å². The Balaban J connectivity index is 2.82. The molecule has 0 bridgehead atoms. The van der Waals surface area contributed by atoms with Gasteiger partial charge in [-0.25, -0.2) is 0 Å². The highest BCUT2D eigenvalue weighted by molar-refractivity contribution is 5.92. The molecule has 1 aromatic rings. The van der Waals surface area contributed by atoms with Crippen molar-refractivity contribution in [1.29, 1.82) is 0 Å². The number of carbonyl (C=O) groups excluding carboxylic acids is 1. The average Bonchev–Trinajstić information content (AvgIpc) is 2.71. The molecular weight excluding hydrogens is 218 g/mol. The average molecular weight is 239 g/mol. The summed E-state index contributed by atoms with van der Waals surface area (Å²) in [6.07, 6.45) is 1.55. The molecule has 0 aromatic carbocycles. The van der Waals surface area contributed by atoms with Crippen molar-refractivity contribution < 1.29 is 9.32 Å². The van der Waals surface area contributed by atoms with Crippen LogP contribution in [0.5, 0.6) is 0 Å². The van der Waals surface area contributed by atoms with Crippen LogP contribution in [0.2, 0.25) is 0 Å². The summed E-state index contributed by atoms with van der Waals surface area (Å²) in [4.78, 5) is 13.9. The normalized spacial score (nSPS) is 11.6. The summed E-state index contributed by atoms with van der Waals surface area (Å²) in [5.74, 6) is 0.198. The standard InChI is InChI=1S/C12H21N3O2/c1-5-15(8-12(3,4)7-13)11(16)10-9(2)6-14-17-10/h6H,5,7-8,13H2,1-4H3. The maximum Gasteiger partial charge on any atom is 0.292 e. The quantitative estimate of drug-likeness (QED) is 0.843. The number of amides is 1. The number of rotatable bonds is 5. The fraction of sp³-hybridized carbons (Fsp3) is 0.667. The van der Waals surface area contributed by atoms with Crippen molar-refractivity contribution >= 4 is 5.91 Å². The van der Waals surface area contributed by atoms with E-state index in [1.165, 1.54) is 0 Å². The first-order valence-electron chi connectivity index (χ1n) is 5.82. The monoisotopic (exact) mass is 239 g/mol. The van der Waals surface area contributed by atoms with Gasteiger partial charge < -0.3 is 15.2 Å². The highest BCUT2D eigenvalue weighted by atomic mass is 16.5. The SMILES string of the molecule is CCN(CC(C)(C)CN)C(=O)c1oncc1C. The molecule has 1 amide bonds. The van der Waals surface area contributed by atoms with E-state index in [2.05, 4.69) is 5.16 Å². The van der Waals surface area contributed by atoms with Crippen LogP contribution in [-0.2, 0) is 0 Å². The molecule has 5 nitrogen and oxygen atoms in total. The summed E-state index contributed by atoms with van der Waals surface area (Å²) < 4.78 is 4.98. The Hall–Kier alpha value is -1.36. The van der Waals surface area contributed by atoms with Crippen LogP contribution in [0.25, 0.3) is 0 Å². The molecule has 17 heavy (non-hydrogen) atoms. The van der Waals surface area contributed by atoms with Crippen molar-refractivity contribution in [2.45, 2.75) is 27.7 Å². The Morgan fingerprint density at radius 2 is 2.24 bits per heavy atom. The summed E-state index contributed by atoms with van der Waals surface area (Å²) in [5.41, 5.74) is 6.35. The highest BCUT2D eigenvalue weighted by Crippen LogP contribution is 2.17. The lowest BCUT2D eigenvalue weighted by molar-refractivity contribution is 0.0658. The van der Waals surface area contributed by atoms with E-state index in [4.69, 9.17) is 10.3 Å². The van der Waals surface area contributed by atoms with E-state index < -0.39 is 0 Å². The van der Waals surface area contributed by atoms with Crippen molar-refractivity contribution in [2.75, 3.05) is 19.6 Å². The minimum Gasteiger partial charge on any atom is -0.351 e. The van der Waals surface area contributed by atoms with Gasteiger partial charge in [0.15, 0.2) is 0 Å². The van der Waals surface area contributed by atoms with Gasteiger partial charge in [-0.2, -0.15) is 0 Å². The van der Waals surface area contributed by atoms with Crippen molar-refractivity contribution in [3.8, 4) is 0 Å². The highest BCUT2D eigenvalue weighted by Gasteiger charge is 2.26. The molecule has 0 radical (unpaired) electrons. The van der Waals surface area contributed by atoms with E-state index in [-0.39, 0.29) is 11.3 Å². The second-order valence-corrected chi connectivity index (χ2v) is 5.03. The third-order valence-electron chi connectivity index (χ3n) is 2.78. The zero-order valence-corrected chi connectivity index (χ0v) is 11.0. The Morgan fingerprint density at radius 3 is 2.65 bits per heavy atom. The van der Waals surface area contributed by atoms with E-state index in [0.29, 0.717) is 25.4 Å². The zero-order valence-electron chi connectivity index (χ0n) is 11.0. The van der Waals surface area contributed by atoms with Crippen LogP contribution < -0.4 is 5.73 Å². The second kappa shape index (κ2) is 5.31. The topological polar surface area (TPSA) is 72.4 Å². The van der Waals surface area contributed by atoms with Crippen LogP contribution in [0.15, 0.2) is 10.7 Å². The number of nitrogens with two attached hydrogens (primary N) is 1. The lowest BCUT2D eigenvalue weighted by atomic mass is 9.93. The second-order valence-electron chi connectivity index (χ2n) is 5.03. The van der Waals surface area contributed by atoms with Gasteiger partial charge in [-0.3, -0.25) is 4.79 Å². The molecule has 1 heterocycles. The van der Waals surface area contributed by atoms with Crippen LogP contribution in [0.3, 0.4) is 0 Å². The molecule has 0 atom stereocenters. The molecule has 2 N–H and O–H groups in total. The molecule has 0 aliphatic rings. The molecule has 96 valence electrons. The van der Waals surface area contributed by atoms with Gasteiger partial charge in [-0.15, -0.1) is 0 Å². The van der Waals surface area contributed by atoms with E-state index in [0.717, 1.165) is 5.56 Å². The van der Waals surface area contributed by atoms with Crippen molar-refractivity contribution in [2.24, 2.45) is 11.1 Å². The summed E-state index contributed by atoms with van der Waals surface area (Å²) in [5, 5.41) is 3.63. The molecule has 0 unspecified atom stereocenters. The Kier molecular flexibility index (Phi) is 4.28. The summed E-state index contributed by atoms with van der Waals surface area (Å²) in [6.45, 7) is 9.60. The molecule has 0 fully saturated rings. The smallest absolute Gasteiger partial charge is 0.292 e. The van der Waals surface area contributed by atoms with Gasteiger partial charge in [-0.05, 0) is 25.8 Å². The predicted octanol–water partition coefficient (Wildman–Crippen LogP) is 1.43. The van der Waals surface area contributed by atoms with Gasteiger partial charge in [0, 0.05) is 18.7 Å². The Labute approximate surface area is 102 Å². The maximum absolute atomic E-state index is 12.2. The molecule has 0 aliphatic carbocycles. The van der Waals surface area contributed by atoms with E-state index in [1.807, 2.05) is 27.7 Å². The molecular formula is C12H21N3O2. The third kappa shape index (κ3) is 3.30. The Morgan fingerprint density at radius 1 is 1.59 bits per heavy atom. The number of nitrogens with zero attached hydrogens (tertiary/aromatic N) is 2. The van der Waals surface area contributed by atoms with E-state index in [9.17, 15) is 4.79 Å². The van der Waals surface area contributed by atoms with Crippen molar-refractivity contribution in [1.82, 2.24) is 10.1 Å². The number of hydrogen-bond acceptors (Lipinski definition) is 4. The van der Waals surface area contributed by atoms with E-state index >= 15 is 0 Å². The fourth-order valence-electron chi connectivity index (χ4n) is 1.55. The van der Waals surface area contributed by atoms with Gasteiger partial charge in [0.1, 0.15) is 0 Å². The van der Waals surface area contributed by atoms with Crippen LogP contribution in [0.4, 0.5) is 0 Å². The first-order chi connectivity index (χ1) is 7.91. The molecule has 0 aliphatic heterocycles. The van der Waals surface area contributed by atoms with Gasteiger partial charge in [-0.1, -0.05) is 19.0 Å². The van der Waals surface area contributed by atoms with Crippen LogP contribution >= 0.6 is 0 Å². The zero-order chi connectivity index (χ0) is 13.1. The molecule has 0 saturated heterocycles. The lowest BCUT2D eigenvalue weighted by Crippen LogP contribution is -2.42. The van der Waals surface area contributed by atoms with Gasteiger partial charge in [0.25, 0.3) is 5.91 Å². The van der Waals surface area contributed by atoms with E-state index in [1.54, 1.807) is 11.1 Å². The summed E-state index contributed by atoms with van der Waals surface area (Å²) in [6, 6.07) is 0. The van der Waals surface area contributed by atoms with Crippen LogP contribution in [0.1, 0.15) is 36.9 Å². The molecule has 0 spiro atoms. The van der Waals surface area contributed by atoms with Crippen molar-refractivity contribution in [3.63, 3.8) is 0 Å². The Bertz CT molecular complexity index is 385. The van der Waals surface area contributed by atoms with Crippen molar-refractivity contribution in [3.05, 3.63) is 17.5 Å². The first kappa shape index (κ1) is 13.7. The third-order valence-corrected chi connectivity index (χ3v) is 2.78. The number of aryl methyl sites for hydroxylation is 1. The molecule has 5 heteroatoms. The first-order valence-corrected chi connectivity index (χ1v) is 5.82. The van der Waals surface area contributed by atoms with Gasteiger partial charge in [0.2, 0.25) is 5.76 Å². The maximum atomic E-state index is 12.2. The predicted molar refractivity (Wildman–Crippen MR) is 65.7 cm³/mol. The number of aromatic nitrogens is 1. The summed E-state index contributed by atoms with van der Waals surface area (Å²) >= 11 is 0. The van der Waals surface area contributed by atoms with Gasteiger partial charge >= 0.3 is 0 Å². The molecule has 1 aromatic heterocycles.